The number of amides is 3. The van der Waals surface area contributed by atoms with Crippen LogP contribution in [0.4, 0.5) is 0 Å². The Hall–Kier alpha value is -1.82. The number of carbonyl (C=O) groups excluding carboxylic acids is 3. The van der Waals surface area contributed by atoms with Gasteiger partial charge in [-0.15, -0.1) is 0 Å². The van der Waals surface area contributed by atoms with Gasteiger partial charge in [0.05, 0.1) is 11.1 Å². The molecule has 1 N–H and O–H groups in total. The van der Waals surface area contributed by atoms with Gasteiger partial charge in [0.15, 0.2) is 0 Å². The molecule has 0 aromatic heterocycles. The van der Waals surface area contributed by atoms with Gasteiger partial charge in [-0.05, 0) is 43.4 Å². The van der Waals surface area contributed by atoms with Gasteiger partial charge in [-0.1, -0.05) is 37.8 Å². The summed E-state index contributed by atoms with van der Waals surface area (Å²) in [4.78, 5) is 39.7. The number of fused-ring (bicyclic) bond motifs is 1. The fourth-order valence-electron chi connectivity index (χ4n) is 3.82. The molecule has 0 bridgehead atoms. The Labute approximate surface area is 158 Å². The number of hydrogen-bond acceptors (Lipinski definition) is 4. The summed E-state index contributed by atoms with van der Waals surface area (Å²) >= 11 is 1.61. The molecule has 1 saturated carbocycles. The van der Waals surface area contributed by atoms with Gasteiger partial charge in [0.2, 0.25) is 5.91 Å². The fraction of sp³-hybridized carbons (Fsp3) is 0.550. The maximum absolute atomic E-state index is 13.0. The van der Waals surface area contributed by atoms with Crippen LogP contribution in [0.25, 0.3) is 0 Å². The van der Waals surface area contributed by atoms with Crippen LogP contribution in [-0.2, 0) is 4.79 Å². The summed E-state index contributed by atoms with van der Waals surface area (Å²) in [6, 6.07) is 6.22. The minimum Gasteiger partial charge on any atom is -0.352 e. The van der Waals surface area contributed by atoms with E-state index >= 15 is 0 Å². The lowest BCUT2D eigenvalue weighted by molar-refractivity contribution is -0.125. The molecule has 1 aliphatic carbocycles. The molecule has 5 nitrogen and oxygen atoms in total. The number of thioether (sulfide) groups is 1. The van der Waals surface area contributed by atoms with E-state index in [0.717, 1.165) is 31.4 Å². The Kier molecular flexibility index (Phi) is 6.35. The lowest BCUT2D eigenvalue weighted by Crippen LogP contribution is -2.52. The van der Waals surface area contributed by atoms with Gasteiger partial charge >= 0.3 is 0 Å². The lowest BCUT2D eigenvalue weighted by Gasteiger charge is -2.27. The third-order valence-corrected chi connectivity index (χ3v) is 5.88. The molecule has 26 heavy (non-hydrogen) atoms. The summed E-state index contributed by atoms with van der Waals surface area (Å²) < 4.78 is 0. The number of nitrogens with zero attached hydrogens (tertiary/aromatic N) is 1. The number of rotatable bonds is 6. The molecule has 0 saturated heterocycles. The van der Waals surface area contributed by atoms with Gasteiger partial charge in [-0.25, -0.2) is 0 Å². The fourth-order valence-corrected chi connectivity index (χ4v) is 4.28. The number of hydrogen-bond donors (Lipinski definition) is 1. The average Bonchev–Trinajstić information content (AvgIpc) is 2.82. The molecule has 1 aromatic carbocycles. The second-order valence-electron chi connectivity index (χ2n) is 7.02. The van der Waals surface area contributed by atoms with Gasteiger partial charge in [-0.3, -0.25) is 19.3 Å². The molecular weight excluding hydrogens is 348 g/mol. The minimum absolute atomic E-state index is 0.150. The van der Waals surface area contributed by atoms with Crippen molar-refractivity contribution in [1.82, 2.24) is 10.2 Å². The smallest absolute Gasteiger partial charge is 0.262 e. The molecule has 1 aliphatic heterocycles. The largest absolute Gasteiger partial charge is 0.352 e. The third kappa shape index (κ3) is 3.95. The molecule has 0 unspecified atom stereocenters. The molecule has 1 heterocycles. The SMILES string of the molecule is CSCC[C@H](C(=O)NC1CCCCCC1)N1C(=O)c2ccccc2C1=O. The zero-order chi connectivity index (χ0) is 18.5. The van der Waals surface area contributed by atoms with Gasteiger partial charge in [0, 0.05) is 6.04 Å². The van der Waals surface area contributed by atoms with Crippen LogP contribution in [0.15, 0.2) is 24.3 Å². The predicted molar refractivity (Wildman–Crippen MR) is 103 cm³/mol. The van der Waals surface area contributed by atoms with Gasteiger partial charge in [0.25, 0.3) is 11.8 Å². The van der Waals surface area contributed by atoms with E-state index in [1.807, 2.05) is 6.26 Å². The molecule has 1 aromatic rings. The van der Waals surface area contributed by atoms with Crippen molar-refractivity contribution in [3.05, 3.63) is 35.4 Å². The number of imide groups is 1. The van der Waals surface area contributed by atoms with E-state index in [1.165, 1.54) is 17.7 Å². The van der Waals surface area contributed by atoms with E-state index in [2.05, 4.69) is 5.32 Å². The van der Waals surface area contributed by atoms with E-state index < -0.39 is 6.04 Å². The first kappa shape index (κ1) is 19.0. The van der Waals surface area contributed by atoms with Crippen LogP contribution in [0.3, 0.4) is 0 Å². The molecule has 1 fully saturated rings. The van der Waals surface area contributed by atoms with Crippen LogP contribution in [0, 0.1) is 0 Å². The van der Waals surface area contributed by atoms with E-state index in [0.29, 0.717) is 17.5 Å². The van der Waals surface area contributed by atoms with Gasteiger partial charge in [-0.2, -0.15) is 11.8 Å². The lowest BCUT2D eigenvalue weighted by atomic mass is 10.1. The summed E-state index contributed by atoms with van der Waals surface area (Å²) in [5.74, 6) is -0.184. The van der Waals surface area contributed by atoms with Crippen LogP contribution >= 0.6 is 11.8 Å². The zero-order valence-electron chi connectivity index (χ0n) is 15.2. The van der Waals surface area contributed by atoms with Crippen molar-refractivity contribution in [3.63, 3.8) is 0 Å². The summed E-state index contributed by atoms with van der Waals surface area (Å²) in [5.41, 5.74) is 0.794. The second kappa shape index (κ2) is 8.71. The second-order valence-corrected chi connectivity index (χ2v) is 8.01. The molecule has 6 heteroatoms. The topological polar surface area (TPSA) is 66.5 Å². The maximum Gasteiger partial charge on any atom is 0.262 e. The summed E-state index contributed by atoms with van der Waals surface area (Å²) in [5, 5.41) is 3.12. The van der Waals surface area contributed by atoms with E-state index in [9.17, 15) is 14.4 Å². The first-order valence-electron chi connectivity index (χ1n) is 9.39. The first-order chi connectivity index (χ1) is 12.6. The summed E-state index contributed by atoms with van der Waals surface area (Å²) in [6.45, 7) is 0. The standard InChI is InChI=1S/C20H26N2O3S/c1-26-13-12-17(18(23)21-14-8-4-2-3-5-9-14)22-19(24)15-10-6-7-11-16(15)20(22)25/h6-7,10-11,14,17H,2-5,8-9,12-13H2,1H3,(H,21,23)/t17-/m1/s1. The van der Waals surface area contributed by atoms with Gasteiger partial charge < -0.3 is 5.32 Å². The van der Waals surface area contributed by atoms with Crippen molar-refractivity contribution in [3.8, 4) is 0 Å². The molecule has 1 atom stereocenters. The highest BCUT2D eigenvalue weighted by molar-refractivity contribution is 7.98. The quantitative estimate of drug-likeness (QED) is 0.613. The number of nitrogens with one attached hydrogen (secondary N) is 1. The van der Waals surface area contributed by atoms with E-state index in [4.69, 9.17) is 0 Å². The van der Waals surface area contributed by atoms with Crippen molar-refractivity contribution >= 4 is 29.5 Å². The number of carbonyl (C=O) groups is 3. The maximum atomic E-state index is 13.0. The van der Waals surface area contributed by atoms with Crippen molar-refractivity contribution in [1.29, 1.82) is 0 Å². The molecular formula is C20H26N2O3S. The van der Waals surface area contributed by atoms with Crippen molar-refractivity contribution in [2.75, 3.05) is 12.0 Å². The average molecular weight is 375 g/mol. The van der Waals surface area contributed by atoms with Crippen LogP contribution < -0.4 is 5.32 Å². The van der Waals surface area contributed by atoms with Crippen LogP contribution in [0.2, 0.25) is 0 Å². The summed E-state index contributed by atoms with van der Waals surface area (Å²) in [6.07, 6.45) is 9.04. The number of benzene rings is 1. The molecule has 2 aliphatic rings. The van der Waals surface area contributed by atoms with Crippen LogP contribution in [0.5, 0.6) is 0 Å². The molecule has 0 radical (unpaired) electrons. The van der Waals surface area contributed by atoms with Crippen molar-refractivity contribution < 1.29 is 14.4 Å². The molecule has 3 rings (SSSR count). The Morgan fingerprint density at radius 2 is 1.69 bits per heavy atom. The predicted octanol–water partition coefficient (Wildman–Crippen LogP) is 3.24. The Bertz CT molecular complexity index is 648. The van der Waals surface area contributed by atoms with Crippen LogP contribution in [0.1, 0.15) is 65.7 Å². The third-order valence-electron chi connectivity index (χ3n) is 5.24. The highest BCUT2D eigenvalue weighted by Crippen LogP contribution is 2.26. The molecule has 140 valence electrons. The highest BCUT2D eigenvalue weighted by Gasteiger charge is 2.42. The molecule has 3 amide bonds. The highest BCUT2D eigenvalue weighted by atomic mass is 32.2. The Morgan fingerprint density at radius 1 is 1.12 bits per heavy atom. The van der Waals surface area contributed by atoms with E-state index in [1.54, 1.807) is 36.0 Å². The molecule has 0 spiro atoms. The Balaban J connectivity index is 1.78. The van der Waals surface area contributed by atoms with Crippen molar-refractivity contribution in [2.45, 2.75) is 57.0 Å². The Morgan fingerprint density at radius 3 is 2.23 bits per heavy atom. The summed E-state index contributed by atoms with van der Waals surface area (Å²) in [7, 11) is 0. The van der Waals surface area contributed by atoms with Crippen LogP contribution in [-0.4, -0.2) is 46.7 Å². The normalized spacial score (nSPS) is 19.2. The van der Waals surface area contributed by atoms with Gasteiger partial charge in [0.1, 0.15) is 6.04 Å². The minimum atomic E-state index is -0.738. The zero-order valence-corrected chi connectivity index (χ0v) is 16.0. The van der Waals surface area contributed by atoms with Crippen molar-refractivity contribution in [2.24, 2.45) is 0 Å². The van der Waals surface area contributed by atoms with E-state index in [-0.39, 0.29) is 23.8 Å². The first-order valence-corrected chi connectivity index (χ1v) is 10.8. The monoisotopic (exact) mass is 374 g/mol.